The van der Waals surface area contributed by atoms with Crippen molar-refractivity contribution in [3.63, 3.8) is 0 Å². The van der Waals surface area contributed by atoms with Crippen LogP contribution < -0.4 is 5.32 Å². The highest BCUT2D eigenvalue weighted by Crippen LogP contribution is 1.94. The molecule has 18 heavy (non-hydrogen) atoms. The number of rotatable bonds is 13. The first-order valence-electron chi connectivity index (χ1n) is 6.65. The van der Waals surface area contributed by atoms with Gasteiger partial charge in [0, 0.05) is 12.5 Å². The van der Waals surface area contributed by atoms with E-state index in [1.807, 2.05) is 13.8 Å². The summed E-state index contributed by atoms with van der Waals surface area (Å²) in [6, 6.07) is 0. The second kappa shape index (κ2) is 13.0. The van der Waals surface area contributed by atoms with Crippen LogP contribution in [0.1, 0.15) is 20.8 Å². The lowest BCUT2D eigenvalue weighted by Gasteiger charge is -2.07. The van der Waals surface area contributed by atoms with Gasteiger partial charge in [-0.1, -0.05) is 20.8 Å². The van der Waals surface area contributed by atoms with E-state index in [-0.39, 0.29) is 18.3 Å². The molecule has 0 aromatic rings. The summed E-state index contributed by atoms with van der Waals surface area (Å²) in [5.41, 5.74) is 0. The summed E-state index contributed by atoms with van der Waals surface area (Å²) >= 11 is 0. The van der Waals surface area contributed by atoms with Gasteiger partial charge < -0.3 is 19.5 Å². The van der Waals surface area contributed by atoms with Gasteiger partial charge in [-0.15, -0.1) is 0 Å². The van der Waals surface area contributed by atoms with Crippen molar-refractivity contribution in [1.82, 2.24) is 5.32 Å². The van der Waals surface area contributed by atoms with Crippen molar-refractivity contribution in [2.45, 2.75) is 20.8 Å². The van der Waals surface area contributed by atoms with Crippen LogP contribution in [0.4, 0.5) is 0 Å². The Bertz CT molecular complexity index is 197. The summed E-state index contributed by atoms with van der Waals surface area (Å²) in [5.74, 6) is 0.165. The molecule has 1 N–H and O–H groups in total. The first-order chi connectivity index (χ1) is 8.68. The maximum absolute atomic E-state index is 11.2. The second-order valence-corrected chi connectivity index (χ2v) is 4.25. The molecule has 0 heterocycles. The molecule has 0 bridgehead atoms. The van der Waals surface area contributed by atoms with E-state index in [9.17, 15) is 4.79 Å². The first kappa shape index (κ1) is 17.5. The van der Waals surface area contributed by atoms with Gasteiger partial charge >= 0.3 is 0 Å². The minimum absolute atomic E-state index is 0.0380. The van der Waals surface area contributed by atoms with Crippen LogP contribution in [-0.4, -0.2) is 58.5 Å². The van der Waals surface area contributed by atoms with Crippen molar-refractivity contribution in [1.29, 1.82) is 0 Å². The van der Waals surface area contributed by atoms with E-state index in [0.29, 0.717) is 33.0 Å². The van der Waals surface area contributed by atoms with Crippen molar-refractivity contribution < 1.29 is 19.0 Å². The number of hydrogen-bond acceptors (Lipinski definition) is 5. The Hall–Kier alpha value is -0.490. The highest BCUT2D eigenvalue weighted by atomic mass is 16.5. The van der Waals surface area contributed by atoms with Crippen LogP contribution >= 0.6 is 0 Å². The third-order valence-corrected chi connectivity index (χ3v) is 2.31. The molecule has 0 aromatic heterocycles. The van der Waals surface area contributed by atoms with Crippen molar-refractivity contribution in [2.75, 3.05) is 52.7 Å². The summed E-state index contributed by atoms with van der Waals surface area (Å²) in [6.07, 6.45) is 0. The molecule has 0 amide bonds. The molecule has 0 radical (unpaired) electrons. The van der Waals surface area contributed by atoms with Gasteiger partial charge in [0.1, 0.15) is 6.61 Å². The predicted molar refractivity (Wildman–Crippen MR) is 70.8 cm³/mol. The Balaban J connectivity index is 3.05. The number of hydrogen-bond donors (Lipinski definition) is 1. The van der Waals surface area contributed by atoms with E-state index in [4.69, 9.17) is 14.2 Å². The number of carbonyl (C=O) groups is 1. The molecule has 5 nitrogen and oxygen atoms in total. The third kappa shape index (κ3) is 12.0. The van der Waals surface area contributed by atoms with Crippen LogP contribution in [0.2, 0.25) is 0 Å². The molecule has 108 valence electrons. The van der Waals surface area contributed by atoms with E-state index in [2.05, 4.69) is 12.2 Å². The van der Waals surface area contributed by atoms with Crippen molar-refractivity contribution >= 4 is 5.78 Å². The number of likely N-dealkylation sites (N-methyl/N-ethyl adjacent to an activating group) is 1. The second-order valence-electron chi connectivity index (χ2n) is 4.25. The topological polar surface area (TPSA) is 56.8 Å². The fraction of sp³-hybridized carbons (Fsp3) is 0.923. The fourth-order valence-corrected chi connectivity index (χ4v) is 1.10. The van der Waals surface area contributed by atoms with Crippen LogP contribution in [0.3, 0.4) is 0 Å². The normalized spacial score (nSPS) is 11.1. The fourth-order valence-electron chi connectivity index (χ4n) is 1.10. The van der Waals surface area contributed by atoms with Crippen LogP contribution in [0, 0.1) is 5.92 Å². The Morgan fingerprint density at radius 3 is 2.11 bits per heavy atom. The van der Waals surface area contributed by atoms with Crippen molar-refractivity contribution in [3.05, 3.63) is 0 Å². The molecule has 0 unspecified atom stereocenters. The van der Waals surface area contributed by atoms with Crippen LogP contribution in [0.5, 0.6) is 0 Å². The summed E-state index contributed by atoms with van der Waals surface area (Å²) in [7, 11) is 0. The van der Waals surface area contributed by atoms with Crippen LogP contribution in [0.25, 0.3) is 0 Å². The molecule has 0 saturated carbocycles. The minimum atomic E-state index is 0.0380. The highest BCUT2D eigenvalue weighted by Gasteiger charge is 2.06. The van der Waals surface area contributed by atoms with Gasteiger partial charge in [0.25, 0.3) is 0 Å². The average molecular weight is 261 g/mol. The number of ether oxygens (including phenoxy) is 3. The Morgan fingerprint density at radius 2 is 1.56 bits per heavy atom. The zero-order valence-corrected chi connectivity index (χ0v) is 11.9. The van der Waals surface area contributed by atoms with Gasteiger partial charge in [-0.2, -0.15) is 0 Å². The van der Waals surface area contributed by atoms with Gasteiger partial charge in [-0.3, -0.25) is 4.79 Å². The molecule has 0 rings (SSSR count). The molecule has 0 spiro atoms. The molecular weight excluding hydrogens is 234 g/mol. The lowest BCUT2D eigenvalue weighted by Crippen LogP contribution is -2.20. The predicted octanol–water partition coefficient (Wildman–Crippen LogP) is 0.871. The average Bonchev–Trinajstić information content (AvgIpc) is 2.35. The maximum atomic E-state index is 11.2. The Morgan fingerprint density at radius 1 is 1.00 bits per heavy atom. The number of Topliss-reactive ketones (excluding diaryl/α,β-unsaturated/α-hetero) is 1. The summed E-state index contributed by atoms with van der Waals surface area (Å²) in [6.45, 7) is 10.6. The van der Waals surface area contributed by atoms with Crippen molar-refractivity contribution in [2.24, 2.45) is 5.92 Å². The molecule has 0 fully saturated rings. The van der Waals surface area contributed by atoms with Crippen LogP contribution in [-0.2, 0) is 19.0 Å². The molecule has 0 aliphatic heterocycles. The quantitative estimate of drug-likeness (QED) is 0.499. The van der Waals surface area contributed by atoms with E-state index in [1.54, 1.807) is 0 Å². The van der Waals surface area contributed by atoms with E-state index < -0.39 is 0 Å². The molecule has 0 aliphatic rings. The highest BCUT2D eigenvalue weighted by molar-refractivity contribution is 5.81. The Kier molecular flexibility index (Phi) is 12.6. The number of ketones is 1. The first-order valence-corrected chi connectivity index (χ1v) is 6.65. The van der Waals surface area contributed by atoms with Gasteiger partial charge in [0.05, 0.1) is 33.0 Å². The van der Waals surface area contributed by atoms with E-state index in [1.165, 1.54) is 0 Å². The van der Waals surface area contributed by atoms with Gasteiger partial charge in [0.2, 0.25) is 0 Å². The van der Waals surface area contributed by atoms with Gasteiger partial charge in [-0.05, 0) is 6.54 Å². The smallest absolute Gasteiger partial charge is 0.160 e. The SMILES string of the molecule is CCNCCOCCOCCOCC(=O)C(C)C. The molecule has 0 aromatic carbocycles. The summed E-state index contributed by atoms with van der Waals surface area (Å²) < 4.78 is 15.8. The zero-order chi connectivity index (χ0) is 13.6. The largest absolute Gasteiger partial charge is 0.378 e. The molecule has 0 atom stereocenters. The van der Waals surface area contributed by atoms with Crippen molar-refractivity contribution in [3.8, 4) is 0 Å². The molecule has 0 saturated heterocycles. The lowest BCUT2D eigenvalue weighted by molar-refractivity contribution is -0.127. The molecule has 5 heteroatoms. The summed E-state index contributed by atoms with van der Waals surface area (Å²) in [5, 5.41) is 3.17. The van der Waals surface area contributed by atoms with Crippen LogP contribution in [0.15, 0.2) is 0 Å². The number of carbonyl (C=O) groups excluding carboxylic acids is 1. The minimum Gasteiger partial charge on any atom is -0.378 e. The maximum Gasteiger partial charge on any atom is 0.160 e. The van der Waals surface area contributed by atoms with Gasteiger partial charge in [0.15, 0.2) is 5.78 Å². The molecule has 0 aliphatic carbocycles. The monoisotopic (exact) mass is 261 g/mol. The Labute approximate surface area is 110 Å². The standard InChI is InChI=1S/C13H27NO4/c1-4-14-5-6-16-7-8-17-9-10-18-11-13(15)12(2)3/h12,14H,4-11H2,1-3H3. The van der Waals surface area contributed by atoms with Gasteiger partial charge in [-0.25, -0.2) is 0 Å². The third-order valence-electron chi connectivity index (χ3n) is 2.31. The van der Waals surface area contributed by atoms with E-state index in [0.717, 1.165) is 13.1 Å². The number of nitrogens with one attached hydrogen (secondary N) is 1. The summed E-state index contributed by atoms with van der Waals surface area (Å²) in [4.78, 5) is 11.2. The lowest BCUT2D eigenvalue weighted by atomic mass is 10.1. The van der Waals surface area contributed by atoms with E-state index >= 15 is 0 Å². The molecular formula is C13H27NO4. The zero-order valence-electron chi connectivity index (χ0n) is 11.9.